The van der Waals surface area contributed by atoms with Crippen LogP contribution >= 0.6 is 0 Å². The Morgan fingerprint density at radius 1 is 1.42 bits per heavy atom. The first kappa shape index (κ1) is 8.72. The maximum atomic E-state index is 10.3. The summed E-state index contributed by atoms with van der Waals surface area (Å²) in [4.78, 5) is 10.3. The summed E-state index contributed by atoms with van der Waals surface area (Å²) in [5.74, 6) is 0. The minimum absolute atomic E-state index is 0.681. The highest BCUT2D eigenvalue weighted by Crippen LogP contribution is 2.05. The van der Waals surface area contributed by atoms with E-state index in [4.69, 9.17) is 0 Å². The predicted octanol–water partition coefficient (Wildman–Crippen LogP) is 2.29. The molecule has 0 atom stereocenters. The lowest BCUT2D eigenvalue weighted by molar-refractivity contribution is 0.561. The summed E-state index contributed by atoms with van der Waals surface area (Å²) < 4.78 is 0. The van der Waals surface area contributed by atoms with E-state index in [0.29, 0.717) is 12.0 Å². The van der Waals surface area contributed by atoms with Crippen molar-refractivity contribution in [3.63, 3.8) is 0 Å². The summed E-state index contributed by atoms with van der Waals surface area (Å²) >= 11 is 0. The van der Waals surface area contributed by atoms with E-state index in [-0.39, 0.29) is 0 Å². The molecule has 0 N–H and O–H groups in total. The molecule has 0 saturated heterocycles. The van der Waals surface area contributed by atoms with Gasteiger partial charge in [-0.3, -0.25) is 4.79 Å². The van der Waals surface area contributed by atoms with E-state index in [1.807, 2.05) is 43.5 Å². The average molecular weight is 159 g/mol. The van der Waals surface area contributed by atoms with Crippen LogP contribution in [-0.2, 0) is 11.2 Å². The first-order valence-electron chi connectivity index (χ1n) is 3.94. The topological polar surface area (TPSA) is 17.1 Å². The first-order valence-corrected chi connectivity index (χ1v) is 3.94. The molecule has 61 valence electrons. The molecule has 0 aliphatic rings. The molecular weight excluding hydrogens is 148 g/mol. The maximum Gasteiger partial charge on any atom is 0.229 e. The second kappa shape index (κ2) is 4.50. The molecule has 1 aromatic rings. The third kappa shape index (κ3) is 2.35. The Labute approximate surface area is 72.7 Å². The zero-order valence-corrected chi connectivity index (χ0v) is 7.08. The van der Waals surface area contributed by atoms with Crippen molar-refractivity contribution in [1.82, 2.24) is 0 Å². The number of hydrogen-bond acceptors (Lipinski definition) is 1. The fourth-order valence-electron chi connectivity index (χ4n) is 1.01. The average Bonchev–Trinajstić information content (AvgIpc) is 2.16. The van der Waals surface area contributed by atoms with Gasteiger partial charge >= 0.3 is 0 Å². The highest BCUT2D eigenvalue weighted by atomic mass is 16.1. The van der Waals surface area contributed by atoms with Crippen LogP contribution in [-0.4, -0.2) is 6.29 Å². The van der Waals surface area contributed by atoms with Gasteiger partial charge in [0.25, 0.3) is 0 Å². The number of allylic oxidation sites excluding steroid dienone is 2. The van der Waals surface area contributed by atoms with Crippen LogP contribution in [0.2, 0.25) is 0 Å². The summed E-state index contributed by atoms with van der Waals surface area (Å²) in [5.41, 5.74) is 1.86. The Balaban J connectivity index is 2.70. The van der Waals surface area contributed by atoms with Crippen LogP contribution in [0.5, 0.6) is 0 Å². The van der Waals surface area contributed by atoms with E-state index in [9.17, 15) is 4.79 Å². The van der Waals surface area contributed by atoms with Gasteiger partial charge in [-0.1, -0.05) is 36.4 Å². The lowest BCUT2D eigenvalue weighted by atomic mass is 10.1. The smallest absolute Gasteiger partial charge is 0.229 e. The van der Waals surface area contributed by atoms with Crippen molar-refractivity contribution in [3.8, 4) is 0 Å². The van der Waals surface area contributed by atoms with Crippen molar-refractivity contribution in [2.45, 2.75) is 13.3 Å². The van der Waals surface area contributed by atoms with Gasteiger partial charge in [-0.25, -0.2) is 0 Å². The second-order valence-corrected chi connectivity index (χ2v) is 2.58. The monoisotopic (exact) mass is 159 g/mol. The summed E-state index contributed by atoms with van der Waals surface area (Å²) in [7, 11) is 0. The maximum absolute atomic E-state index is 10.3. The van der Waals surface area contributed by atoms with Crippen molar-refractivity contribution in [3.05, 3.63) is 47.5 Å². The van der Waals surface area contributed by atoms with Crippen molar-refractivity contribution in [2.75, 3.05) is 0 Å². The second-order valence-electron chi connectivity index (χ2n) is 2.58. The summed E-state index contributed by atoms with van der Waals surface area (Å²) in [6.07, 6.45) is 4.38. The molecule has 12 heavy (non-hydrogen) atoms. The van der Waals surface area contributed by atoms with E-state index in [0.717, 1.165) is 5.56 Å². The fourth-order valence-corrected chi connectivity index (χ4v) is 1.01. The highest BCUT2D eigenvalue weighted by Gasteiger charge is 1.96. The van der Waals surface area contributed by atoms with Gasteiger partial charge in [-0.2, -0.15) is 0 Å². The van der Waals surface area contributed by atoms with Crippen LogP contribution in [0, 0.1) is 0 Å². The molecule has 1 radical (unpaired) electrons. The van der Waals surface area contributed by atoms with Crippen molar-refractivity contribution in [1.29, 1.82) is 0 Å². The van der Waals surface area contributed by atoms with Gasteiger partial charge in [0, 0.05) is 12.0 Å². The van der Waals surface area contributed by atoms with Crippen LogP contribution < -0.4 is 0 Å². The number of carbonyl (C=O) groups excluding carboxylic acids is 1. The van der Waals surface area contributed by atoms with Gasteiger partial charge in [0.05, 0.1) is 0 Å². The molecule has 1 rings (SSSR count). The van der Waals surface area contributed by atoms with E-state index >= 15 is 0 Å². The summed E-state index contributed by atoms with van der Waals surface area (Å²) in [6.45, 7) is 1.85. The molecule has 0 amide bonds. The number of benzene rings is 1. The van der Waals surface area contributed by atoms with Crippen molar-refractivity contribution >= 4 is 6.29 Å². The summed E-state index contributed by atoms with van der Waals surface area (Å²) in [5, 5.41) is 0. The van der Waals surface area contributed by atoms with Gasteiger partial charge in [-0.05, 0) is 12.5 Å². The van der Waals surface area contributed by atoms with Crippen LogP contribution in [0.25, 0.3) is 0 Å². The lowest BCUT2D eigenvalue weighted by Crippen LogP contribution is -1.90. The van der Waals surface area contributed by atoms with Crippen LogP contribution in [0.3, 0.4) is 0 Å². The van der Waals surface area contributed by atoms with Crippen LogP contribution in [0.1, 0.15) is 12.5 Å². The Morgan fingerprint density at radius 2 is 2.08 bits per heavy atom. The molecule has 0 saturated carbocycles. The molecular formula is C11H11O. The Bertz CT molecular complexity index is 272. The molecule has 0 bridgehead atoms. The Kier molecular flexibility index (Phi) is 3.27. The molecule has 1 aromatic carbocycles. The van der Waals surface area contributed by atoms with Gasteiger partial charge in [0.1, 0.15) is 0 Å². The first-order chi connectivity index (χ1) is 5.86. The third-order valence-electron chi connectivity index (χ3n) is 1.72. The molecule has 1 heteroatoms. The largest absolute Gasteiger partial charge is 0.285 e. The molecule has 0 aromatic heterocycles. The fraction of sp³-hybridized carbons (Fsp3) is 0.182. The van der Waals surface area contributed by atoms with Crippen LogP contribution in [0.4, 0.5) is 0 Å². The standard InChI is InChI=1S/C11H11O/c1-2-10(9-12)8-11-6-4-3-5-7-11/h2-7H,8H2,1H3. The van der Waals surface area contributed by atoms with Crippen molar-refractivity contribution < 1.29 is 4.79 Å². The van der Waals surface area contributed by atoms with Gasteiger partial charge in [0.2, 0.25) is 6.29 Å². The predicted molar refractivity (Wildman–Crippen MR) is 49.6 cm³/mol. The van der Waals surface area contributed by atoms with E-state index in [1.54, 1.807) is 6.08 Å². The Morgan fingerprint density at radius 3 is 2.58 bits per heavy atom. The van der Waals surface area contributed by atoms with E-state index in [2.05, 4.69) is 0 Å². The minimum Gasteiger partial charge on any atom is -0.285 e. The molecule has 0 aliphatic heterocycles. The Hall–Kier alpha value is -1.37. The van der Waals surface area contributed by atoms with Crippen molar-refractivity contribution in [2.24, 2.45) is 0 Å². The molecule has 0 unspecified atom stereocenters. The molecule has 0 spiro atoms. The molecule has 0 heterocycles. The SMILES string of the molecule is CC=C([C]=O)Cc1ccccc1. The molecule has 0 aliphatic carbocycles. The quantitative estimate of drug-likeness (QED) is 0.618. The lowest BCUT2D eigenvalue weighted by Gasteiger charge is -1.97. The van der Waals surface area contributed by atoms with Gasteiger partial charge < -0.3 is 0 Å². The van der Waals surface area contributed by atoms with E-state index < -0.39 is 0 Å². The zero-order valence-electron chi connectivity index (χ0n) is 7.08. The number of hydrogen-bond donors (Lipinski definition) is 0. The summed E-state index contributed by atoms with van der Waals surface area (Å²) in [6, 6.07) is 9.89. The minimum atomic E-state index is 0.681. The third-order valence-corrected chi connectivity index (χ3v) is 1.72. The van der Waals surface area contributed by atoms with Gasteiger partial charge in [0.15, 0.2) is 0 Å². The number of rotatable bonds is 3. The van der Waals surface area contributed by atoms with Gasteiger partial charge in [-0.15, -0.1) is 0 Å². The van der Waals surface area contributed by atoms with E-state index in [1.165, 1.54) is 0 Å². The zero-order chi connectivity index (χ0) is 8.81. The van der Waals surface area contributed by atoms with Crippen LogP contribution in [0.15, 0.2) is 42.0 Å². The molecule has 1 nitrogen and oxygen atoms in total. The normalized spacial score (nSPS) is 11.2. The highest BCUT2D eigenvalue weighted by molar-refractivity contribution is 5.74. The molecule has 0 fully saturated rings.